The fourth-order valence-corrected chi connectivity index (χ4v) is 1.02. The van der Waals surface area contributed by atoms with Gasteiger partial charge in [0, 0.05) is 0 Å². The van der Waals surface area contributed by atoms with Crippen LogP contribution in [0.4, 0.5) is 21.7 Å². The smallest absolute Gasteiger partial charge is 0.445 e. The van der Waals surface area contributed by atoms with E-state index in [0.717, 1.165) is 6.92 Å². The molecule has 0 aliphatic heterocycles. The molecule has 0 nitrogen and oxygen atoms in total. The number of benzene rings is 1. The number of rotatable bonds is 1. The van der Waals surface area contributed by atoms with Gasteiger partial charge in [-0.3, -0.25) is 0 Å². The van der Waals surface area contributed by atoms with Crippen LogP contribution < -0.4 is 56.8 Å². The molecule has 0 atom stereocenters. The Morgan fingerprint density at radius 3 is 2.00 bits per heavy atom. The van der Waals surface area contributed by atoms with Gasteiger partial charge in [-0.25, -0.2) is 8.78 Å². The SMILES string of the molecule is Cc1c([B-](F)(F)F)ccc(F)c1F.[K+]. The van der Waals surface area contributed by atoms with Crippen molar-refractivity contribution in [3.63, 3.8) is 0 Å². The van der Waals surface area contributed by atoms with Crippen LogP contribution in [0.2, 0.25) is 0 Å². The Bertz CT molecular complexity index is 336. The van der Waals surface area contributed by atoms with Crippen molar-refractivity contribution in [2.45, 2.75) is 6.92 Å². The van der Waals surface area contributed by atoms with Gasteiger partial charge < -0.3 is 12.9 Å². The van der Waals surface area contributed by atoms with Gasteiger partial charge in [-0.15, -0.1) is 5.46 Å². The van der Waals surface area contributed by atoms with E-state index in [4.69, 9.17) is 0 Å². The van der Waals surface area contributed by atoms with Gasteiger partial charge in [0.15, 0.2) is 11.6 Å². The van der Waals surface area contributed by atoms with Gasteiger partial charge in [0.2, 0.25) is 0 Å². The molecule has 0 spiro atoms. The van der Waals surface area contributed by atoms with E-state index in [9.17, 15) is 21.7 Å². The number of hydrogen-bond acceptors (Lipinski definition) is 0. The van der Waals surface area contributed by atoms with Crippen molar-refractivity contribution in [1.29, 1.82) is 0 Å². The van der Waals surface area contributed by atoms with Crippen LogP contribution in [0, 0.1) is 18.6 Å². The Morgan fingerprint density at radius 2 is 1.57 bits per heavy atom. The van der Waals surface area contributed by atoms with Crippen LogP contribution in [0.3, 0.4) is 0 Å². The van der Waals surface area contributed by atoms with Crippen molar-refractivity contribution >= 4 is 12.4 Å². The molecule has 0 aliphatic carbocycles. The fourth-order valence-electron chi connectivity index (χ4n) is 1.02. The summed E-state index contributed by atoms with van der Waals surface area (Å²) in [6.45, 7) is -4.36. The Hall–Kier alpha value is 0.571. The maximum Gasteiger partial charge on any atom is 1.00 e. The standard InChI is InChI=1S/C7H5BF5.K/c1-4-5(8(11,12)13)2-3-6(9)7(4)10;/h2-3H,1H3;/q-1;+1. The average Bonchev–Trinajstić information content (AvgIpc) is 1.98. The zero-order valence-corrected chi connectivity index (χ0v) is 10.7. The third kappa shape index (κ3) is 3.03. The first-order valence-electron chi connectivity index (χ1n) is 3.48. The van der Waals surface area contributed by atoms with E-state index in [1.165, 1.54) is 0 Å². The van der Waals surface area contributed by atoms with Crippen molar-refractivity contribution in [3.05, 3.63) is 29.3 Å². The Labute approximate surface area is 120 Å². The predicted octanol–water partition coefficient (Wildman–Crippen LogP) is -0.668. The van der Waals surface area contributed by atoms with Crippen molar-refractivity contribution < 1.29 is 73.1 Å². The van der Waals surface area contributed by atoms with Gasteiger partial charge in [0.1, 0.15) is 0 Å². The predicted molar refractivity (Wildman–Crippen MR) is 39.8 cm³/mol. The van der Waals surface area contributed by atoms with Gasteiger partial charge in [0.25, 0.3) is 0 Å². The van der Waals surface area contributed by atoms with E-state index < -0.39 is 29.6 Å². The molecule has 0 amide bonds. The van der Waals surface area contributed by atoms with Crippen molar-refractivity contribution in [2.75, 3.05) is 0 Å². The summed E-state index contributed by atoms with van der Waals surface area (Å²) < 4.78 is 61.5. The van der Waals surface area contributed by atoms with E-state index in [1.54, 1.807) is 0 Å². The molecule has 7 heteroatoms. The van der Waals surface area contributed by atoms with Crippen LogP contribution in [-0.4, -0.2) is 6.98 Å². The van der Waals surface area contributed by atoms with Crippen LogP contribution in [0.15, 0.2) is 12.1 Å². The van der Waals surface area contributed by atoms with E-state index in [2.05, 4.69) is 0 Å². The molecule has 0 radical (unpaired) electrons. The third-order valence-electron chi connectivity index (χ3n) is 1.73. The zero-order valence-electron chi connectivity index (χ0n) is 7.62. The van der Waals surface area contributed by atoms with Crippen LogP contribution >= 0.6 is 0 Å². The quantitative estimate of drug-likeness (QED) is 0.446. The molecule has 1 rings (SSSR count). The second-order valence-corrected chi connectivity index (χ2v) is 2.65. The first-order chi connectivity index (χ1) is 5.84. The van der Waals surface area contributed by atoms with E-state index in [0.29, 0.717) is 12.1 Å². The summed E-state index contributed by atoms with van der Waals surface area (Å²) in [5.41, 5.74) is -1.77. The molecule has 1 aromatic carbocycles. The molecule has 72 valence electrons. The van der Waals surface area contributed by atoms with Gasteiger partial charge in [-0.1, -0.05) is 6.07 Å². The largest absolute Gasteiger partial charge is 1.00 e. The normalized spacial score (nSPS) is 11.0. The maximum absolute atomic E-state index is 12.7. The first-order valence-corrected chi connectivity index (χ1v) is 3.48. The fraction of sp³-hybridized carbons (Fsp3) is 0.143. The number of hydrogen-bond donors (Lipinski definition) is 0. The molecular formula is C7H5BF5K. The maximum atomic E-state index is 12.7. The minimum Gasteiger partial charge on any atom is -0.445 e. The van der Waals surface area contributed by atoms with Gasteiger partial charge in [-0.05, 0) is 18.6 Å². The summed E-state index contributed by atoms with van der Waals surface area (Å²) in [7, 11) is 0. The molecule has 0 bridgehead atoms. The third-order valence-corrected chi connectivity index (χ3v) is 1.73. The minimum atomic E-state index is -5.27. The van der Waals surface area contributed by atoms with Crippen LogP contribution in [0.25, 0.3) is 0 Å². The van der Waals surface area contributed by atoms with Crippen LogP contribution in [0.5, 0.6) is 0 Å². The zero-order chi connectivity index (χ0) is 10.2. The molecule has 0 fully saturated rings. The summed E-state index contributed by atoms with van der Waals surface area (Å²) in [6.07, 6.45) is 0. The molecule has 1 aromatic rings. The van der Waals surface area contributed by atoms with Gasteiger partial charge >= 0.3 is 58.4 Å². The molecule has 0 aromatic heterocycles. The van der Waals surface area contributed by atoms with E-state index >= 15 is 0 Å². The monoisotopic (exact) mass is 234 g/mol. The van der Waals surface area contributed by atoms with Crippen molar-refractivity contribution in [3.8, 4) is 0 Å². The van der Waals surface area contributed by atoms with Gasteiger partial charge in [0.05, 0.1) is 0 Å². The molecule has 0 N–H and O–H groups in total. The van der Waals surface area contributed by atoms with E-state index in [1.807, 2.05) is 0 Å². The van der Waals surface area contributed by atoms with E-state index in [-0.39, 0.29) is 51.4 Å². The molecule has 0 saturated carbocycles. The second kappa shape index (κ2) is 5.07. The second-order valence-electron chi connectivity index (χ2n) is 2.65. The van der Waals surface area contributed by atoms with Gasteiger partial charge in [-0.2, -0.15) is 0 Å². The summed E-state index contributed by atoms with van der Waals surface area (Å²) in [4.78, 5) is 0. The Kier molecular flexibility index (Phi) is 5.28. The Balaban J connectivity index is 0.00000169. The Morgan fingerprint density at radius 1 is 1.07 bits per heavy atom. The molecule has 0 saturated heterocycles. The molecular weight excluding hydrogens is 229 g/mol. The average molecular weight is 234 g/mol. The molecule has 0 aliphatic rings. The first kappa shape index (κ1) is 14.6. The summed E-state index contributed by atoms with van der Waals surface area (Å²) in [5, 5.41) is 0. The topological polar surface area (TPSA) is 0 Å². The van der Waals surface area contributed by atoms with Crippen LogP contribution in [-0.2, 0) is 0 Å². The number of halogens is 5. The molecule has 0 unspecified atom stereocenters. The summed E-state index contributed by atoms with van der Waals surface area (Å²) in [6, 6.07) is 1.03. The minimum absolute atomic E-state index is 0. The molecule has 0 heterocycles. The molecule has 14 heavy (non-hydrogen) atoms. The van der Waals surface area contributed by atoms with Crippen LogP contribution in [0.1, 0.15) is 5.56 Å². The van der Waals surface area contributed by atoms with Crippen molar-refractivity contribution in [2.24, 2.45) is 0 Å². The summed E-state index contributed by atoms with van der Waals surface area (Å²) >= 11 is 0. The summed E-state index contributed by atoms with van der Waals surface area (Å²) in [5.74, 6) is -2.70. The van der Waals surface area contributed by atoms with Crippen molar-refractivity contribution in [1.82, 2.24) is 0 Å².